The SMILES string of the molecule is Cn1cc2c(c1-c1cc3[nH]c1c(-c1c(F)c(F)c(F)c(F)c1F)c1ccc([nH]1)c(-c1c(F)c(F)c(F)c(F)c1F)c1nc(c(-c4c(F)c(F)c(F)c(F)c4F)c4ccc3[nH]4)C=C1)C(=O)c1ccccc1C2=O. The molecular weight excluding hydrogens is 988 g/mol. The van der Waals surface area contributed by atoms with Crippen LogP contribution in [0.25, 0.3) is 89.9 Å². The van der Waals surface area contributed by atoms with E-state index in [1.165, 1.54) is 42.1 Å². The molecule has 11 rings (SSSR count). The summed E-state index contributed by atoms with van der Waals surface area (Å²) in [4.78, 5) is 40.4. The number of H-pyrrole nitrogens is 3. The van der Waals surface area contributed by atoms with Crippen molar-refractivity contribution in [1.82, 2.24) is 24.5 Å². The van der Waals surface area contributed by atoms with Gasteiger partial charge in [-0.05, 0) is 42.5 Å². The minimum absolute atomic E-state index is 0.0253. The number of halogens is 15. The van der Waals surface area contributed by atoms with Crippen LogP contribution in [0.1, 0.15) is 43.2 Å². The number of benzene rings is 4. The zero-order valence-electron chi connectivity index (χ0n) is 35.3. The number of carbonyl (C=O) groups excluding carboxylic acids is 2. The minimum Gasteiger partial charge on any atom is -0.354 e. The number of nitrogens with one attached hydrogen (secondary N) is 3. The highest BCUT2D eigenvalue weighted by Crippen LogP contribution is 2.46. The van der Waals surface area contributed by atoms with Crippen LogP contribution < -0.4 is 0 Å². The summed E-state index contributed by atoms with van der Waals surface area (Å²) in [5.41, 5.74) is -14.6. The molecule has 1 aliphatic carbocycles. The average molecular weight is 1010 g/mol. The van der Waals surface area contributed by atoms with Gasteiger partial charge in [0.2, 0.25) is 17.5 Å². The van der Waals surface area contributed by atoms with Crippen molar-refractivity contribution < 1.29 is 75.4 Å². The van der Waals surface area contributed by atoms with Crippen LogP contribution in [0, 0.1) is 87.3 Å². The molecule has 9 aromatic rings. The Bertz CT molecular complexity index is 4090. The third kappa shape index (κ3) is 6.19. The zero-order chi connectivity index (χ0) is 51.3. The van der Waals surface area contributed by atoms with Crippen LogP contribution in [0.2, 0.25) is 0 Å². The van der Waals surface area contributed by atoms with Gasteiger partial charge in [-0.3, -0.25) is 9.59 Å². The van der Waals surface area contributed by atoms with E-state index in [4.69, 9.17) is 0 Å². The van der Waals surface area contributed by atoms with Crippen LogP contribution in [-0.2, 0) is 7.05 Å². The van der Waals surface area contributed by atoms with Gasteiger partial charge in [0.1, 0.15) is 0 Å². The maximum Gasteiger partial charge on any atom is 0.200 e. The van der Waals surface area contributed by atoms with E-state index in [0.29, 0.717) is 0 Å². The van der Waals surface area contributed by atoms with Gasteiger partial charge in [-0.15, -0.1) is 0 Å². The molecule has 0 saturated heterocycles. The third-order valence-electron chi connectivity index (χ3n) is 12.4. The van der Waals surface area contributed by atoms with Gasteiger partial charge in [0.05, 0.1) is 61.4 Å². The second-order valence-electron chi connectivity index (χ2n) is 16.3. The first-order valence-electron chi connectivity index (χ1n) is 20.5. The number of hydrogen-bond acceptors (Lipinski definition) is 3. The quantitative estimate of drug-likeness (QED) is 0.0930. The fraction of sp³-hybridized carbons (Fsp3) is 0.0200. The van der Waals surface area contributed by atoms with E-state index in [9.17, 15) is 22.8 Å². The van der Waals surface area contributed by atoms with Gasteiger partial charge in [0, 0.05) is 63.2 Å². The van der Waals surface area contributed by atoms with Crippen LogP contribution in [0.4, 0.5) is 65.9 Å². The Balaban J connectivity index is 1.41. The topological polar surface area (TPSA) is 99.3 Å². The van der Waals surface area contributed by atoms with E-state index in [2.05, 4.69) is 19.9 Å². The molecule has 3 N–H and O–H groups in total. The summed E-state index contributed by atoms with van der Waals surface area (Å²) in [6.07, 6.45) is 2.78. The van der Waals surface area contributed by atoms with E-state index >= 15 is 52.7 Å². The van der Waals surface area contributed by atoms with Gasteiger partial charge in [-0.1, -0.05) is 24.3 Å². The summed E-state index contributed by atoms with van der Waals surface area (Å²) in [5.74, 6) is -39.2. The Kier molecular flexibility index (Phi) is 10.0. The third-order valence-corrected chi connectivity index (χ3v) is 12.4. The molecule has 72 heavy (non-hydrogen) atoms. The fourth-order valence-corrected chi connectivity index (χ4v) is 9.19. The van der Waals surface area contributed by atoms with E-state index in [0.717, 1.165) is 42.5 Å². The molecule has 6 heterocycles. The number of aryl methyl sites for hydroxylation is 1. The van der Waals surface area contributed by atoms with Crippen LogP contribution in [0.5, 0.6) is 0 Å². The Hall–Kier alpha value is -8.82. The Labute approximate surface area is 389 Å². The lowest BCUT2D eigenvalue weighted by atomic mass is 9.84. The lowest BCUT2D eigenvalue weighted by Crippen LogP contribution is -2.19. The van der Waals surface area contributed by atoms with E-state index in [-0.39, 0.29) is 44.5 Å². The Morgan fingerprint density at radius 2 is 0.750 bits per heavy atom. The van der Waals surface area contributed by atoms with Crippen molar-refractivity contribution in [3.05, 3.63) is 182 Å². The first-order valence-corrected chi connectivity index (χ1v) is 20.5. The number of hydrogen-bond donors (Lipinski definition) is 3. The molecule has 0 saturated carbocycles. The van der Waals surface area contributed by atoms with Crippen molar-refractivity contribution in [1.29, 1.82) is 0 Å². The molecule has 4 aromatic carbocycles. The number of aromatic nitrogens is 5. The van der Waals surface area contributed by atoms with Crippen LogP contribution >= 0.6 is 0 Å². The maximum absolute atomic E-state index is 16.5. The lowest BCUT2D eigenvalue weighted by Gasteiger charge is -2.16. The van der Waals surface area contributed by atoms with Gasteiger partial charge < -0.3 is 19.5 Å². The first kappa shape index (κ1) is 45.6. The molecule has 0 atom stereocenters. The molecule has 1 aliphatic heterocycles. The number of fused-ring (bicyclic) bond motifs is 11. The molecule has 0 unspecified atom stereocenters. The first-order chi connectivity index (χ1) is 34.2. The summed E-state index contributed by atoms with van der Waals surface area (Å²) in [6, 6.07) is 10.4. The van der Waals surface area contributed by atoms with Crippen LogP contribution in [0.3, 0.4) is 0 Å². The molecule has 8 bridgehead atoms. The standard InChI is InChI=1S/C50H18F15N5O2/c1-70-13-17-25(50(72)15-5-3-2-4-14(15)49(17)71)48(70)16-12-24-18-6-7-19(66-18)26(29-32(51)38(57)44(63)39(58)33(29)52)20-8-9-21(67-20)27(30-34(53)40(59)45(64)41(60)35(30)54)22-10-11-23(68-22)28(47(16)69-24)31-36(55)42(61)46(65)43(62)37(31)56/h2-13,66,68-69H,1H3. The number of aromatic amines is 3. The maximum atomic E-state index is 16.5. The summed E-state index contributed by atoms with van der Waals surface area (Å²) >= 11 is 0. The minimum atomic E-state index is -2.65. The van der Waals surface area contributed by atoms with Crippen molar-refractivity contribution in [2.45, 2.75) is 0 Å². The van der Waals surface area contributed by atoms with Gasteiger partial charge in [0.15, 0.2) is 81.4 Å². The molecule has 5 aromatic heterocycles. The van der Waals surface area contributed by atoms with Crippen molar-refractivity contribution in [2.24, 2.45) is 7.05 Å². The summed E-state index contributed by atoms with van der Waals surface area (Å²) in [6.45, 7) is 0. The smallest absolute Gasteiger partial charge is 0.200 e. The Morgan fingerprint density at radius 3 is 1.21 bits per heavy atom. The van der Waals surface area contributed by atoms with Gasteiger partial charge >= 0.3 is 0 Å². The molecule has 2 aliphatic rings. The Morgan fingerprint density at radius 1 is 0.375 bits per heavy atom. The van der Waals surface area contributed by atoms with Gasteiger partial charge in [-0.25, -0.2) is 70.8 Å². The van der Waals surface area contributed by atoms with Crippen molar-refractivity contribution >= 4 is 56.8 Å². The number of nitrogens with zero attached hydrogens (tertiary/aromatic N) is 2. The molecule has 0 spiro atoms. The number of carbonyl (C=O) groups is 2. The van der Waals surface area contributed by atoms with Crippen LogP contribution in [-0.4, -0.2) is 36.1 Å². The highest BCUT2D eigenvalue weighted by molar-refractivity contribution is 6.31. The molecule has 22 heteroatoms. The molecule has 0 radical (unpaired) electrons. The summed E-state index contributed by atoms with van der Waals surface area (Å²) in [7, 11) is 1.32. The monoisotopic (exact) mass is 1010 g/mol. The van der Waals surface area contributed by atoms with E-state index in [1.807, 2.05) is 0 Å². The summed E-state index contributed by atoms with van der Waals surface area (Å²) in [5, 5.41) is 0. The van der Waals surface area contributed by atoms with Crippen molar-refractivity contribution in [2.75, 3.05) is 0 Å². The van der Waals surface area contributed by atoms with Gasteiger partial charge in [-0.2, -0.15) is 0 Å². The molecule has 7 nitrogen and oxygen atoms in total. The zero-order valence-corrected chi connectivity index (χ0v) is 35.3. The molecule has 360 valence electrons. The van der Waals surface area contributed by atoms with E-state index in [1.54, 1.807) is 0 Å². The second kappa shape index (κ2) is 15.8. The highest BCUT2D eigenvalue weighted by Gasteiger charge is 2.37. The van der Waals surface area contributed by atoms with Crippen LogP contribution in [0.15, 0.2) is 60.8 Å². The number of rotatable bonds is 4. The van der Waals surface area contributed by atoms with E-state index < -0.39 is 166 Å². The van der Waals surface area contributed by atoms with Crippen molar-refractivity contribution in [3.8, 4) is 44.6 Å². The molecular formula is C50H18F15N5O2. The second-order valence-corrected chi connectivity index (χ2v) is 16.3. The highest BCUT2D eigenvalue weighted by atomic mass is 19.2. The average Bonchev–Trinajstić information content (AvgIpc) is 4.24. The number of ketones is 2. The lowest BCUT2D eigenvalue weighted by molar-refractivity contribution is 0.0980. The normalized spacial score (nSPS) is 12.7. The predicted molar refractivity (Wildman–Crippen MR) is 229 cm³/mol. The molecule has 0 amide bonds. The van der Waals surface area contributed by atoms with Crippen molar-refractivity contribution in [3.63, 3.8) is 0 Å². The summed E-state index contributed by atoms with van der Waals surface area (Å²) < 4.78 is 233. The molecule has 0 fully saturated rings. The van der Waals surface area contributed by atoms with Gasteiger partial charge in [0.25, 0.3) is 0 Å². The predicted octanol–water partition coefficient (Wildman–Crippen LogP) is 13.6. The fourth-order valence-electron chi connectivity index (χ4n) is 9.19. The largest absolute Gasteiger partial charge is 0.354 e.